The van der Waals surface area contributed by atoms with E-state index < -0.39 is 11.9 Å². The van der Waals surface area contributed by atoms with Crippen LogP contribution in [0.2, 0.25) is 0 Å². The molecule has 1 fully saturated rings. The van der Waals surface area contributed by atoms with Gasteiger partial charge in [0.25, 0.3) is 5.91 Å². The van der Waals surface area contributed by atoms with E-state index in [0.717, 1.165) is 36.8 Å². The first-order valence-corrected chi connectivity index (χ1v) is 12.6. The van der Waals surface area contributed by atoms with Gasteiger partial charge in [-0.05, 0) is 50.8 Å². The van der Waals surface area contributed by atoms with E-state index in [0.29, 0.717) is 26.2 Å². The van der Waals surface area contributed by atoms with Gasteiger partial charge in [-0.3, -0.25) is 14.4 Å². The first kappa shape index (κ1) is 26.5. The molecule has 0 spiro atoms. The smallest absolute Gasteiger partial charge is 0.287 e. The zero-order valence-corrected chi connectivity index (χ0v) is 20.8. The maximum atomic E-state index is 13.6. The predicted molar refractivity (Wildman–Crippen MR) is 133 cm³/mol. The van der Waals surface area contributed by atoms with Crippen LogP contribution in [0, 0.1) is 6.92 Å². The highest BCUT2D eigenvalue weighted by atomic mass is 16.5. The van der Waals surface area contributed by atoms with Crippen LogP contribution in [-0.2, 0) is 14.3 Å². The molecule has 0 aliphatic heterocycles. The van der Waals surface area contributed by atoms with Gasteiger partial charge in [-0.15, -0.1) is 0 Å². The Morgan fingerprint density at radius 3 is 2.51 bits per heavy atom. The van der Waals surface area contributed by atoms with Crippen LogP contribution >= 0.6 is 0 Å². The van der Waals surface area contributed by atoms with Crippen molar-refractivity contribution >= 4 is 17.7 Å². The number of amides is 3. The van der Waals surface area contributed by atoms with E-state index in [-0.39, 0.29) is 30.2 Å². The van der Waals surface area contributed by atoms with Crippen molar-refractivity contribution in [3.05, 3.63) is 59.5 Å². The summed E-state index contributed by atoms with van der Waals surface area (Å²) in [5.74, 6) is -0.879. The lowest BCUT2D eigenvalue weighted by Crippen LogP contribution is -2.49. The van der Waals surface area contributed by atoms with E-state index in [1.165, 1.54) is 18.8 Å². The maximum absolute atomic E-state index is 13.6. The lowest BCUT2D eigenvalue weighted by Gasteiger charge is -2.33. The van der Waals surface area contributed by atoms with Crippen LogP contribution in [-0.4, -0.2) is 55.0 Å². The molecule has 2 aromatic rings. The molecule has 0 radical (unpaired) electrons. The summed E-state index contributed by atoms with van der Waals surface area (Å²) < 4.78 is 10.6. The maximum Gasteiger partial charge on any atom is 0.287 e. The van der Waals surface area contributed by atoms with Gasteiger partial charge in [0.1, 0.15) is 6.04 Å². The topological polar surface area (TPSA) is 101 Å². The molecule has 1 saturated carbocycles. The SMILES string of the molecule is CCOCCCN(C(=O)CNC(=O)c1ccco1)[C@H](C(=O)NC1CCCCC1)c1ccc(C)cc1. The molecule has 0 bridgehead atoms. The second kappa shape index (κ2) is 13.7. The van der Waals surface area contributed by atoms with Gasteiger partial charge in [0.2, 0.25) is 11.8 Å². The summed E-state index contributed by atoms with van der Waals surface area (Å²) in [6, 6.07) is 10.1. The highest BCUT2D eigenvalue weighted by molar-refractivity contribution is 5.95. The molecule has 1 aliphatic carbocycles. The van der Waals surface area contributed by atoms with Gasteiger partial charge in [-0.25, -0.2) is 0 Å². The number of furan rings is 1. The zero-order chi connectivity index (χ0) is 25.0. The second-order valence-corrected chi connectivity index (χ2v) is 8.95. The summed E-state index contributed by atoms with van der Waals surface area (Å²) in [7, 11) is 0. The second-order valence-electron chi connectivity index (χ2n) is 8.95. The van der Waals surface area contributed by atoms with E-state index in [1.807, 2.05) is 38.1 Å². The average Bonchev–Trinajstić information content (AvgIpc) is 3.41. The van der Waals surface area contributed by atoms with Crippen LogP contribution in [0.5, 0.6) is 0 Å². The monoisotopic (exact) mass is 483 g/mol. The highest BCUT2D eigenvalue weighted by Gasteiger charge is 2.32. The van der Waals surface area contributed by atoms with Crippen molar-refractivity contribution in [2.45, 2.75) is 64.5 Å². The Kier molecular flexibility index (Phi) is 10.3. The van der Waals surface area contributed by atoms with Gasteiger partial charge in [0.05, 0.1) is 12.8 Å². The van der Waals surface area contributed by atoms with Gasteiger partial charge >= 0.3 is 0 Å². The molecular weight excluding hydrogens is 446 g/mol. The number of ether oxygens (including phenoxy) is 1. The number of benzene rings is 1. The predicted octanol–water partition coefficient (Wildman–Crippen LogP) is 3.76. The van der Waals surface area contributed by atoms with E-state index in [1.54, 1.807) is 11.0 Å². The van der Waals surface area contributed by atoms with Gasteiger partial charge in [0.15, 0.2) is 5.76 Å². The Morgan fingerprint density at radius 1 is 1.11 bits per heavy atom. The summed E-state index contributed by atoms with van der Waals surface area (Å²) >= 11 is 0. The molecule has 1 atom stereocenters. The van der Waals surface area contributed by atoms with Gasteiger partial charge in [0, 0.05) is 25.8 Å². The van der Waals surface area contributed by atoms with E-state index in [2.05, 4.69) is 10.6 Å². The summed E-state index contributed by atoms with van der Waals surface area (Å²) in [6.45, 7) is 5.04. The van der Waals surface area contributed by atoms with Crippen molar-refractivity contribution in [2.24, 2.45) is 0 Å². The number of aryl methyl sites for hydroxylation is 1. The Bertz CT molecular complexity index is 936. The molecule has 1 heterocycles. The van der Waals surface area contributed by atoms with Crippen LogP contribution < -0.4 is 10.6 Å². The number of nitrogens with zero attached hydrogens (tertiary/aromatic N) is 1. The van der Waals surface area contributed by atoms with E-state index in [4.69, 9.17) is 9.15 Å². The normalized spacial score (nSPS) is 14.8. The molecule has 1 aliphatic rings. The number of hydrogen-bond donors (Lipinski definition) is 2. The molecule has 190 valence electrons. The molecule has 2 N–H and O–H groups in total. The van der Waals surface area contributed by atoms with Crippen LogP contribution in [0.15, 0.2) is 47.1 Å². The van der Waals surface area contributed by atoms with Crippen LogP contribution in [0.1, 0.15) is 73.2 Å². The van der Waals surface area contributed by atoms with Crippen molar-refractivity contribution < 1.29 is 23.5 Å². The molecular formula is C27H37N3O5. The van der Waals surface area contributed by atoms with Crippen molar-refractivity contribution in [2.75, 3.05) is 26.3 Å². The number of carbonyl (C=O) groups excluding carboxylic acids is 3. The molecule has 1 aromatic carbocycles. The molecule has 8 nitrogen and oxygen atoms in total. The largest absolute Gasteiger partial charge is 0.459 e. The van der Waals surface area contributed by atoms with Gasteiger partial charge in [-0.2, -0.15) is 0 Å². The Balaban J connectivity index is 1.81. The third kappa shape index (κ3) is 7.96. The van der Waals surface area contributed by atoms with Crippen LogP contribution in [0.4, 0.5) is 0 Å². The number of carbonyl (C=O) groups is 3. The van der Waals surface area contributed by atoms with E-state index >= 15 is 0 Å². The Morgan fingerprint density at radius 2 is 1.86 bits per heavy atom. The summed E-state index contributed by atoms with van der Waals surface area (Å²) in [5, 5.41) is 5.81. The lowest BCUT2D eigenvalue weighted by atomic mass is 9.94. The molecule has 35 heavy (non-hydrogen) atoms. The van der Waals surface area contributed by atoms with Gasteiger partial charge < -0.3 is 24.7 Å². The van der Waals surface area contributed by atoms with Crippen LogP contribution in [0.25, 0.3) is 0 Å². The minimum atomic E-state index is -0.799. The molecule has 3 amide bonds. The van der Waals surface area contributed by atoms with E-state index in [9.17, 15) is 14.4 Å². The third-order valence-corrected chi connectivity index (χ3v) is 6.26. The lowest BCUT2D eigenvalue weighted by molar-refractivity contribution is -0.140. The zero-order valence-electron chi connectivity index (χ0n) is 20.8. The fourth-order valence-corrected chi connectivity index (χ4v) is 4.38. The molecule has 8 heteroatoms. The number of hydrogen-bond acceptors (Lipinski definition) is 5. The van der Waals surface area contributed by atoms with Crippen molar-refractivity contribution in [1.29, 1.82) is 0 Å². The summed E-state index contributed by atoms with van der Waals surface area (Å²) in [6.07, 6.45) is 7.25. The third-order valence-electron chi connectivity index (χ3n) is 6.26. The fraction of sp³-hybridized carbons (Fsp3) is 0.519. The average molecular weight is 484 g/mol. The van der Waals surface area contributed by atoms with Crippen molar-refractivity contribution in [3.63, 3.8) is 0 Å². The molecule has 1 aromatic heterocycles. The quantitative estimate of drug-likeness (QED) is 0.448. The number of rotatable bonds is 12. The summed E-state index contributed by atoms with van der Waals surface area (Å²) in [5.41, 5.74) is 1.81. The molecule has 3 rings (SSSR count). The van der Waals surface area contributed by atoms with Crippen molar-refractivity contribution in [1.82, 2.24) is 15.5 Å². The number of nitrogens with one attached hydrogen (secondary N) is 2. The Hall–Kier alpha value is -3.13. The summed E-state index contributed by atoms with van der Waals surface area (Å²) in [4.78, 5) is 40.9. The van der Waals surface area contributed by atoms with Gasteiger partial charge in [-0.1, -0.05) is 49.1 Å². The minimum Gasteiger partial charge on any atom is -0.459 e. The Labute approximate surface area is 207 Å². The fourth-order valence-electron chi connectivity index (χ4n) is 4.38. The molecule has 0 saturated heterocycles. The first-order valence-electron chi connectivity index (χ1n) is 12.6. The minimum absolute atomic E-state index is 0.114. The highest BCUT2D eigenvalue weighted by Crippen LogP contribution is 2.25. The van der Waals surface area contributed by atoms with Crippen LogP contribution in [0.3, 0.4) is 0 Å². The first-order chi connectivity index (χ1) is 17.0. The van der Waals surface area contributed by atoms with Crippen molar-refractivity contribution in [3.8, 4) is 0 Å². The standard InChI is InChI=1S/C27H37N3O5/c1-3-34-17-8-16-30(24(31)19-28-26(32)23-11-7-18-35-23)25(21-14-12-20(2)13-15-21)27(33)29-22-9-5-4-6-10-22/h7,11-15,18,22,25H,3-6,8-10,16-17,19H2,1-2H3,(H,28,32)(H,29,33)/t25-/m0/s1. The molecule has 0 unspecified atom stereocenters.